The van der Waals surface area contributed by atoms with Gasteiger partial charge in [-0.3, -0.25) is 0 Å². The largest absolute Gasteiger partial charge is 0.354 e. The molecule has 0 radical (unpaired) electrons. The maximum absolute atomic E-state index is 3.56. The lowest BCUT2D eigenvalue weighted by molar-refractivity contribution is 1.13. The molecular weight excluding hydrogens is 340 g/mol. The predicted octanol–water partition coefficient (Wildman–Crippen LogP) is 6.93. The van der Waals surface area contributed by atoms with Gasteiger partial charge in [0, 0.05) is 39.1 Å². The molecule has 0 saturated heterocycles. The highest BCUT2D eigenvalue weighted by molar-refractivity contribution is 6.19. The molecule has 6 rings (SSSR count). The van der Waals surface area contributed by atoms with Crippen molar-refractivity contribution in [3.05, 3.63) is 103 Å². The maximum atomic E-state index is 3.56. The molecule has 0 spiro atoms. The summed E-state index contributed by atoms with van der Waals surface area (Å²) in [5, 5.41) is 3.80. The molecular formula is C26H18N2. The molecule has 0 saturated carbocycles. The Balaban J connectivity index is 1.58. The number of aromatic amines is 1. The highest BCUT2D eigenvalue weighted by atomic mass is 15.0. The van der Waals surface area contributed by atoms with Crippen LogP contribution in [0, 0.1) is 0 Å². The van der Waals surface area contributed by atoms with Gasteiger partial charge in [0.2, 0.25) is 0 Å². The Bertz CT molecular complexity index is 1430. The zero-order valence-electron chi connectivity index (χ0n) is 15.3. The SMILES string of the molecule is c1ccc(-c2ccc(-n3ccc4ccc5[nH]c6ccccc6c5c43)cc2)cc1. The van der Waals surface area contributed by atoms with Crippen LogP contribution < -0.4 is 0 Å². The normalized spacial score (nSPS) is 11.6. The number of benzene rings is 4. The van der Waals surface area contributed by atoms with Crippen molar-refractivity contribution in [1.29, 1.82) is 0 Å². The van der Waals surface area contributed by atoms with Crippen LogP contribution in [0.5, 0.6) is 0 Å². The summed E-state index contributed by atoms with van der Waals surface area (Å²) in [7, 11) is 0. The zero-order valence-corrected chi connectivity index (χ0v) is 15.3. The Labute approximate surface area is 162 Å². The van der Waals surface area contributed by atoms with Crippen molar-refractivity contribution in [3.63, 3.8) is 0 Å². The number of nitrogens with one attached hydrogen (secondary N) is 1. The second kappa shape index (κ2) is 5.86. The summed E-state index contributed by atoms with van der Waals surface area (Å²) >= 11 is 0. The second-order valence-electron chi connectivity index (χ2n) is 7.20. The fraction of sp³-hybridized carbons (Fsp3) is 0. The Morgan fingerprint density at radius 2 is 1.32 bits per heavy atom. The number of fused-ring (bicyclic) bond motifs is 5. The van der Waals surface area contributed by atoms with E-state index in [0.717, 1.165) is 0 Å². The average Bonchev–Trinajstić information content (AvgIpc) is 3.35. The molecule has 6 aromatic rings. The Hall–Kier alpha value is -3.78. The van der Waals surface area contributed by atoms with Crippen LogP contribution in [0.3, 0.4) is 0 Å². The Morgan fingerprint density at radius 1 is 0.571 bits per heavy atom. The van der Waals surface area contributed by atoms with Crippen molar-refractivity contribution in [2.24, 2.45) is 0 Å². The minimum absolute atomic E-state index is 1.17. The van der Waals surface area contributed by atoms with E-state index in [0.29, 0.717) is 0 Å². The van der Waals surface area contributed by atoms with E-state index in [1.807, 2.05) is 0 Å². The van der Waals surface area contributed by atoms with Crippen molar-refractivity contribution >= 4 is 32.7 Å². The molecule has 0 fully saturated rings. The van der Waals surface area contributed by atoms with Gasteiger partial charge in [0.05, 0.1) is 5.52 Å². The first-order chi connectivity index (χ1) is 13.9. The summed E-state index contributed by atoms with van der Waals surface area (Å²) in [5.74, 6) is 0. The van der Waals surface area contributed by atoms with E-state index >= 15 is 0 Å². The van der Waals surface area contributed by atoms with E-state index < -0.39 is 0 Å². The van der Waals surface area contributed by atoms with Crippen molar-refractivity contribution in [2.45, 2.75) is 0 Å². The van der Waals surface area contributed by atoms with E-state index in [2.05, 4.69) is 113 Å². The van der Waals surface area contributed by atoms with Crippen LogP contribution in [-0.2, 0) is 0 Å². The molecule has 0 aliphatic carbocycles. The number of nitrogens with zero attached hydrogens (tertiary/aromatic N) is 1. The fourth-order valence-electron chi connectivity index (χ4n) is 4.22. The van der Waals surface area contributed by atoms with Gasteiger partial charge < -0.3 is 9.55 Å². The summed E-state index contributed by atoms with van der Waals surface area (Å²) in [6.45, 7) is 0. The van der Waals surface area contributed by atoms with E-state index in [9.17, 15) is 0 Å². The third-order valence-corrected chi connectivity index (χ3v) is 5.57. The zero-order chi connectivity index (χ0) is 18.5. The molecule has 0 aliphatic rings. The van der Waals surface area contributed by atoms with Gasteiger partial charge in [0.15, 0.2) is 0 Å². The molecule has 0 aliphatic heterocycles. The third-order valence-electron chi connectivity index (χ3n) is 5.57. The van der Waals surface area contributed by atoms with Crippen LogP contribution >= 0.6 is 0 Å². The Morgan fingerprint density at radius 3 is 2.18 bits per heavy atom. The second-order valence-corrected chi connectivity index (χ2v) is 7.20. The highest BCUT2D eigenvalue weighted by Gasteiger charge is 2.12. The summed E-state index contributed by atoms with van der Waals surface area (Å²) in [6.07, 6.45) is 2.17. The third kappa shape index (κ3) is 2.21. The van der Waals surface area contributed by atoms with Crippen LogP contribution in [-0.4, -0.2) is 9.55 Å². The lowest BCUT2D eigenvalue weighted by atomic mass is 10.1. The molecule has 0 bridgehead atoms. The van der Waals surface area contributed by atoms with E-state index in [4.69, 9.17) is 0 Å². The lowest BCUT2D eigenvalue weighted by Crippen LogP contribution is -1.92. The monoisotopic (exact) mass is 358 g/mol. The van der Waals surface area contributed by atoms with Gasteiger partial charge >= 0.3 is 0 Å². The summed E-state index contributed by atoms with van der Waals surface area (Å²) in [6, 6.07) is 34.4. The molecule has 28 heavy (non-hydrogen) atoms. The molecule has 2 heterocycles. The summed E-state index contributed by atoms with van der Waals surface area (Å²) < 4.78 is 2.30. The maximum Gasteiger partial charge on any atom is 0.0628 e. The van der Waals surface area contributed by atoms with E-state index in [1.165, 1.54) is 49.5 Å². The fourth-order valence-corrected chi connectivity index (χ4v) is 4.22. The van der Waals surface area contributed by atoms with Crippen LogP contribution in [0.4, 0.5) is 0 Å². The summed E-state index contributed by atoms with van der Waals surface area (Å²) in [4.78, 5) is 3.56. The molecule has 1 N–H and O–H groups in total. The van der Waals surface area contributed by atoms with Crippen molar-refractivity contribution in [1.82, 2.24) is 9.55 Å². The topological polar surface area (TPSA) is 20.7 Å². The van der Waals surface area contributed by atoms with Crippen molar-refractivity contribution in [3.8, 4) is 16.8 Å². The molecule has 0 amide bonds. The lowest BCUT2D eigenvalue weighted by Gasteiger charge is -2.09. The molecule has 4 aromatic carbocycles. The van der Waals surface area contributed by atoms with Crippen LogP contribution in [0.1, 0.15) is 0 Å². The number of aromatic nitrogens is 2. The van der Waals surface area contributed by atoms with Gasteiger partial charge in [0.1, 0.15) is 0 Å². The van der Waals surface area contributed by atoms with Crippen LogP contribution in [0.25, 0.3) is 49.5 Å². The molecule has 2 heteroatoms. The van der Waals surface area contributed by atoms with Gasteiger partial charge in [-0.1, -0.05) is 66.7 Å². The smallest absolute Gasteiger partial charge is 0.0628 e. The molecule has 132 valence electrons. The number of hydrogen-bond donors (Lipinski definition) is 1. The highest BCUT2D eigenvalue weighted by Crippen LogP contribution is 2.34. The van der Waals surface area contributed by atoms with Gasteiger partial charge in [-0.15, -0.1) is 0 Å². The first-order valence-corrected chi connectivity index (χ1v) is 9.55. The molecule has 0 unspecified atom stereocenters. The summed E-state index contributed by atoms with van der Waals surface area (Å²) in [5.41, 5.74) is 7.25. The van der Waals surface area contributed by atoms with E-state index in [-0.39, 0.29) is 0 Å². The van der Waals surface area contributed by atoms with Crippen LogP contribution in [0.15, 0.2) is 103 Å². The molecule has 0 atom stereocenters. The van der Waals surface area contributed by atoms with Crippen molar-refractivity contribution in [2.75, 3.05) is 0 Å². The van der Waals surface area contributed by atoms with Gasteiger partial charge in [0.25, 0.3) is 0 Å². The Kier molecular flexibility index (Phi) is 3.20. The van der Waals surface area contributed by atoms with E-state index in [1.54, 1.807) is 0 Å². The number of hydrogen-bond acceptors (Lipinski definition) is 0. The van der Waals surface area contributed by atoms with Gasteiger partial charge in [-0.2, -0.15) is 0 Å². The first-order valence-electron chi connectivity index (χ1n) is 9.55. The minimum atomic E-state index is 1.17. The number of para-hydroxylation sites is 1. The number of rotatable bonds is 2. The standard InChI is InChI=1S/C26H18N2/c1-2-6-18(7-3-1)19-10-13-21(14-11-19)28-17-16-20-12-15-24-25(26(20)28)22-8-4-5-9-23(22)27-24/h1-17,27H. The van der Waals surface area contributed by atoms with Crippen molar-refractivity contribution < 1.29 is 0 Å². The quantitative estimate of drug-likeness (QED) is 0.346. The minimum Gasteiger partial charge on any atom is -0.354 e. The molecule has 2 nitrogen and oxygen atoms in total. The van der Waals surface area contributed by atoms with Gasteiger partial charge in [-0.05, 0) is 41.5 Å². The predicted molar refractivity (Wildman–Crippen MR) is 118 cm³/mol. The van der Waals surface area contributed by atoms with Crippen LogP contribution in [0.2, 0.25) is 0 Å². The first kappa shape index (κ1) is 15.3. The molecule has 2 aromatic heterocycles. The van der Waals surface area contributed by atoms with Gasteiger partial charge in [-0.25, -0.2) is 0 Å². The number of H-pyrrole nitrogens is 1. The average molecular weight is 358 g/mol.